The molecule has 23 heavy (non-hydrogen) atoms. The molecule has 0 unspecified atom stereocenters. The lowest BCUT2D eigenvalue weighted by molar-refractivity contribution is 0.112. The van der Waals surface area contributed by atoms with Gasteiger partial charge in [-0.3, -0.25) is 4.79 Å². The third-order valence-electron chi connectivity index (χ3n) is 3.72. The number of hydrogen-bond donors (Lipinski definition) is 0. The number of nitrogens with zero attached hydrogens (tertiary/aromatic N) is 2. The van der Waals surface area contributed by atoms with Gasteiger partial charge >= 0.3 is 0 Å². The lowest BCUT2D eigenvalue weighted by Gasteiger charge is -1.99. The molecular weight excluding hydrogens is 288 g/mol. The highest BCUT2D eigenvalue weighted by Crippen LogP contribution is 2.17. The van der Waals surface area contributed by atoms with E-state index in [0.717, 1.165) is 37.5 Å². The third-order valence-corrected chi connectivity index (χ3v) is 3.72. The molecule has 4 nitrogen and oxygen atoms in total. The molecule has 0 atom stereocenters. The van der Waals surface area contributed by atoms with Gasteiger partial charge in [0.2, 0.25) is 11.7 Å². The first-order valence-electron chi connectivity index (χ1n) is 7.77. The Balaban J connectivity index is 1.51. The van der Waals surface area contributed by atoms with Gasteiger partial charge in [-0.05, 0) is 24.8 Å². The van der Waals surface area contributed by atoms with Crippen LogP contribution in [0.2, 0.25) is 0 Å². The van der Waals surface area contributed by atoms with Crippen LogP contribution in [0.1, 0.15) is 34.7 Å². The lowest BCUT2D eigenvalue weighted by atomic mass is 10.1. The van der Waals surface area contributed by atoms with Crippen LogP contribution < -0.4 is 0 Å². The summed E-state index contributed by atoms with van der Waals surface area (Å²) < 4.78 is 5.30. The van der Waals surface area contributed by atoms with Crippen LogP contribution in [-0.2, 0) is 12.8 Å². The molecule has 116 valence electrons. The minimum absolute atomic E-state index is 0.570. The second-order valence-corrected chi connectivity index (χ2v) is 5.44. The van der Waals surface area contributed by atoms with Gasteiger partial charge in [0, 0.05) is 17.5 Å². The molecule has 0 aliphatic rings. The molecule has 0 fully saturated rings. The fourth-order valence-corrected chi connectivity index (χ4v) is 2.43. The molecule has 0 amide bonds. The van der Waals surface area contributed by atoms with Gasteiger partial charge in [0.1, 0.15) is 6.29 Å². The second kappa shape index (κ2) is 7.49. The molecule has 0 aliphatic carbocycles. The van der Waals surface area contributed by atoms with Crippen molar-refractivity contribution in [2.45, 2.75) is 25.7 Å². The van der Waals surface area contributed by atoms with E-state index in [1.165, 1.54) is 5.56 Å². The molecule has 4 heteroatoms. The Hall–Kier alpha value is -2.75. The van der Waals surface area contributed by atoms with Crippen molar-refractivity contribution in [1.29, 1.82) is 0 Å². The number of aromatic nitrogens is 2. The number of benzene rings is 2. The van der Waals surface area contributed by atoms with E-state index in [1.54, 1.807) is 12.1 Å². The first kappa shape index (κ1) is 15.2. The highest BCUT2D eigenvalue weighted by atomic mass is 16.5. The van der Waals surface area contributed by atoms with Crippen LogP contribution in [0.5, 0.6) is 0 Å². The summed E-state index contributed by atoms with van der Waals surface area (Å²) in [5, 5.41) is 4.00. The molecular formula is C19H18N2O2. The number of carbonyl (C=O) groups is 1. The van der Waals surface area contributed by atoms with E-state index >= 15 is 0 Å². The van der Waals surface area contributed by atoms with E-state index < -0.39 is 0 Å². The Morgan fingerprint density at radius 1 is 0.913 bits per heavy atom. The van der Waals surface area contributed by atoms with Crippen LogP contribution in [0.3, 0.4) is 0 Å². The molecule has 0 bridgehead atoms. The first-order chi connectivity index (χ1) is 11.3. The molecule has 0 saturated heterocycles. The molecule has 1 aromatic heterocycles. The summed E-state index contributed by atoms with van der Waals surface area (Å²) in [4.78, 5) is 15.1. The summed E-state index contributed by atoms with van der Waals surface area (Å²) in [5.41, 5.74) is 2.85. The summed E-state index contributed by atoms with van der Waals surface area (Å²) in [6, 6.07) is 17.6. The molecule has 3 aromatic rings. The maximum Gasteiger partial charge on any atom is 0.226 e. The minimum atomic E-state index is 0.570. The molecule has 0 N–H and O–H groups in total. The Labute approximate surface area is 135 Å². The van der Waals surface area contributed by atoms with Crippen molar-refractivity contribution < 1.29 is 9.32 Å². The van der Waals surface area contributed by atoms with Crippen LogP contribution in [-0.4, -0.2) is 16.4 Å². The molecule has 3 rings (SSSR count). The van der Waals surface area contributed by atoms with Crippen LogP contribution in [0.15, 0.2) is 59.1 Å². The van der Waals surface area contributed by atoms with Gasteiger partial charge in [-0.25, -0.2) is 0 Å². The highest BCUT2D eigenvalue weighted by molar-refractivity contribution is 5.76. The summed E-state index contributed by atoms with van der Waals surface area (Å²) in [6.07, 6.45) is 4.77. The van der Waals surface area contributed by atoms with Gasteiger partial charge < -0.3 is 4.52 Å². The number of unbranched alkanes of at least 4 members (excludes halogenated alkanes) is 1. The predicted octanol–water partition coefficient (Wildman–Crippen LogP) is 4.11. The van der Waals surface area contributed by atoms with Crippen molar-refractivity contribution in [3.63, 3.8) is 0 Å². The van der Waals surface area contributed by atoms with E-state index in [1.807, 2.05) is 18.2 Å². The summed E-state index contributed by atoms with van der Waals surface area (Å²) in [6.45, 7) is 0. The summed E-state index contributed by atoms with van der Waals surface area (Å²) in [5.74, 6) is 1.23. The van der Waals surface area contributed by atoms with Crippen LogP contribution in [0.25, 0.3) is 11.4 Å². The summed E-state index contributed by atoms with van der Waals surface area (Å²) >= 11 is 0. The molecule has 0 saturated carbocycles. The quantitative estimate of drug-likeness (QED) is 0.487. The molecule has 0 spiro atoms. The fraction of sp³-hybridized carbons (Fsp3) is 0.211. The van der Waals surface area contributed by atoms with Crippen LogP contribution >= 0.6 is 0 Å². The number of rotatable bonds is 7. The van der Waals surface area contributed by atoms with Gasteiger partial charge in [0.05, 0.1) is 0 Å². The average Bonchev–Trinajstić information content (AvgIpc) is 3.09. The van der Waals surface area contributed by atoms with Crippen molar-refractivity contribution >= 4 is 6.29 Å². The zero-order valence-electron chi connectivity index (χ0n) is 12.8. The maximum atomic E-state index is 10.7. The smallest absolute Gasteiger partial charge is 0.226 e. The Morgan fingerprint density at radius 2 is 1.65 bits per heavy atom. The van der Waals surface area contributed by atoms with Gasteiger partial charge in [0.15, 0.2) is 0 Å². The lowest BCUT2D eigenvalue weighted by Crippen LogP contribution is -1.90. The zero-order chi connectivity index (χ0) is 15.9. The number of carbonyl (C=O) groups excluding carboxylic acids is 1. The van der Waals surface area contributed by atoms with Gasteiger partial charge in [-0.15, -0.1) is 0 Å². The average molecular weight is 306 g/mol. The SMILES string of the molecule is O=Cc1ccc(-c2noc(CCCCc3ccccc3)n2)cc1. The molecule has 0 radical (unpaired) electrons. The van der Waals surface area contributed by atoms with Gasteiger partial charge in [-0.1, -0.05) is 59.8 Å². The Morgan fingerprint density at radius 3 is 2.39 bits per heavy atom. The normalized spacial score (nSPS) is 10.6. The third kappa shape index (κ3) is 4.13. The van der Waals surface area contributed by atoms with E-state index in [-0.39, 0.29) is 0 Å². The number of aldehydes is 1. The molecule has 1 heterocycles. The van der Waals surface area contributed by atoms with Crippen LogP contribution in [0.4, 0.5) is 0 Å². The Kier molecular flexibility index (Phi) is 4.94. The second-order valence-electron chi connectivity index (χ2n) is 5.44. The monoisotopic (exact) mass is 306 g/mol. The van der Waals surface area contributed by atoms with E-state index in [9.17, 15) is 4.79 Å². The topological polar surface area (TPSA) is 56.0 Å². The minimum Gasteiger partial charge on any atom is -0.339 e. The number of aryl methyl sites for hydroxylation is 2. The zero-order valence-corrected chi connectivity index (χ0v) is 12.8. The van der Waals surface area contributed by atoms with Gasteiger partial charge in [0.25, 0.3) is 0 Å². The van der Waals surface area contributed by atoms with E-state index in [4.69, 9.17) is 4.52 Å². The van der Waals surface area contributed by atoms with Crippen LogP contribution in [0, 0.1) is 0 Å². The van der Waals surface area contributed by atoms with Crippen molar-refractivity contribution in [2.75, 3.05) is 0 Å². The standard InChI is InChI=1S/C19H18N2O2/c22-14-16-10-12-17(13-11-16)19-20-18(23-21-19)9-5-4-8-15-6-2-1-3-7-15/h1-3,6-7,10-14H,4-5,8-9H2. The van der Waals surface area contributed by atoms with Crippen molar-refractivity contribution in [1.82, 2.24) is 10.1 Å². The molecule has 0 aliphatic heterocycles. The Bertz CT molecular complexity index is 749. The van der Waals surface area contributed by atoms with Gasteiger partial charge in [-0.2, -0.15) is 4.98 Å². The van der Waals surface area contributed by atoms with E-state index in [0.29, 0.717) is 17.3 Å². The fourth-order valence-electron chi connectivity index (χ4n) is 2.43. The predicted molar refractivity (Wildman–Crippen MR) is 88.2 cm³/mol. The molecule has 2 aromatic carbocycles. The van der Waals surface area contributed by atoms with Crippen molar-refractivity contribution in [2.24, 2.45) is 0 Å². The van der Waals surface area contributed by atoms with Crippen molar-refractivity contribution in [3.8, 4) is 11.4 Å². The number of hydrogen-bond acceptors (Lipinski definition) is 4. The van der Waals surface area contributed by atoms with E-state index in [2.05, 4.69) is 34.4 Å². The maximum absolute atomic E-state index is 10.7. The largest absolute Gasteiger partial charge is 0.339 e. The highest BCUT2D eigenvalue weighted by Gasteiger charge is 2.08. The van der Waals surface area contributed by atoms with Crippen molar-refractivity contribution in [3.05, 3.63) is 71.6 Å². The first-order valence-corrected chi connectivity index (χ1v) is 7.77. The summed E-state index contributed by atoms with van der Waals surface area (Å²) in [7, 11) is 0.